The Balaban J connectivity index is 1.94. The first kappa shape index (κ1) is 17.9. The van der Waals surface area contributed by atoms with Crippen molar-refractivity contribution in [3.63, 3.8) is 0 Å². The predicted molar refractivity (Wildman–Crippen MR) is 95.3 cm³/mol. The van der Waals surface area contributed by atoms with Gasteiger partial charge >= 0.3 is 0 Å². The summed E-state index contributed by atoms with van der Waals surface area (Å²) in [6, 6.07) is 17.2. The van der Waals surface area contributed by atoms with Crippen LogP contribution in [-0.2, 0) is 4.79 Å². The molecule has 4 heteroatoms. The van der Waals surface area contributed by atoms with Gasteiger partial charge in [-0.05, 0) is 30.0 Å². The molecular formula is C20H25NO3. The van der Waals surface area contributed by atoms with Crippen molar-refractivity contribution >= 4 is 5.91 Å². The van der Waals surface area contributed by atoms with E-state index >= 15 is 0 Å². The molecule has 2 aromatic rings. The van der Waals surface area contributed by atoms with Crippen LogP contribution in [0.4, 0.5) is 0 Å². The lowest BCUT2D eigenvalue weighted by molar-refractivity contribution is -0.124. The molecule has 1 atom stereocenters. The van der Waals surface area contributed by atoms with Gasteiger partial charge in [0, 0.05) is 6.07 Å². The van der Waals surface area contributed by atoms with Crippen LogP contribution in [0.1, 0.15) is 31.9 Å². The molecule has 1 amide bonds. The normalized spacial score (nSPS) is 11.8. The van der Waals surface area contributed by atoms with Gasteiger partial charge in [-0.1, -0.05) is 50.2 Å². The number of carbonyl (C=O) groups is 1. The molecule has 0 aliphatic carbocycles. The van der Waals surface area contributed by atoms with Crippen molar-refractivity contribution in [1.82, 2.24) is 5.32 Å². The van der Waals surface area contributed by atoms with E-state index in [1.165, 1.54) is 0 Å². The summed E-state index contributed by atoms with van der Waals surface area (Å²) < 4.78 is 10.7. The van der Waals surface area contributed by atoms with Crippen LogP contribution in [0.2, 0.25) is 0 Å². The van der Waals surface area contributed by atoms with E-state index in [1.54, 1.807) is 19.2 Å². The molecular weight excluding hydrogens is 302 g/mol. The molecule has 2 aromatic carbocycles. The number of hydrogen-bond acceptors (Lipinski definition) is 3. The Morgan fingerprint density at radius 3 is 2.42 bits per heavy atom. The Morgan fingerprint density at radius 2 is 1.75 bits per heavy atom. The molecule has 0 saturated heterocycles. The van der Waals surface area contributed by atoms with Gasteiger partial charge in [0.25, 0.3) is 5.91 Å². The zero-order valence-corrected chi connectivity index (χ0v) is 14.5. The van der Waals surface area contributed by atoms with E-state index < -0.39 is 0 Å². The van der Waals surface area contributed by atoms with E-state index in [-0.39, 0.29) is 18.6 Å². The average Bonchev–Trinajstić information content (AvgIpc) is 2.60. The second-order valence-electron chi connectivity index (χ2n) is 6.13. The fourth-order valence-corrected chi connectivity index (χ4v) is 2.51. The summed E-state index contributed by atoms with van der Waals surface area (Å²) in [6.07, 6.45) is 0.884. The molecule has 24 heavy (non-hydrogen) atoms. The second-order valence-corrected chi connectivity index (χ2v) is 6.13. The second kappa shape index (κ2) is 8.96. The van der Waals surface area contributed by atoms with Gasteiger partial charge in [-0.25, -0.2) is 0 Å². The highest BCUT2D eigenvalue weighted by Crippen LogP contribution is 2.21. The van der Waals surface area contributed by atoms with Crippen LogP contribution in [0.3, 0.4) is 0 Å². The molecule has 0 aliphatic rings. The standard InChI is InChI=1S/C20H25NO3/c1-15(2)12-19(16-8-5-4-6-9-16)21-20(22)14-24-18-11-7-10-17(13-18)23-3/h4-11,13,15,19H,12,14H2,1-3H3,(H,21,22). The molecule has 4 nitrogen and oxygen atoms in total. The van der Waals surface area contributed by atoms with E-state index in [0.717, 1.165) is 12.0 Å². The molecule has 2 rings (SSSR count). The maximum atomic E-state index is 12.3. The monoisotopic (exact) mass is 327 g/mol. The van der Waals surface area contributed by atoms with E-state index in [1.807, 2.05) is 42.5 Å². The van der Waals surface area contributed by atoms with Crippen molar-refractivity contribution in [2.45, 2.75) is 26.3 Å². The highest BCUT2D eigenvalue weighted by atomic mass is 16.5. The van der Waals surface area contributed by atoms with Crippen LogP contribution in [0, 0.1) is 5.92 Å². The smallest absolute Gasteiger partial charge is 0.258 e. The van der Waals surface area contributed by atoms with Crippen LogP contribution in [0.15, 0.2) is 54.6 Å². The summed E-state index contributed by atoms with van der Waals surface area (Å²) in [7, 11) is 1.60. The molecule has 0 fully saturated rings. The van der Waals surface area contributed by atoms with Gasteiger partial charge in [-0.2, -0.15) is 0 Å². The average molecular weight is 327 g/mol. The molecule has 1 unspecified atom stereocenters. The fourth-order valence-electron chi connectivity index (χ4n) is 2.51. The van der Waals surface area contributed by atoms with Crippen LogP contribution in [0.5, 0.6) is 11.5 Å². The first-order chi connectivity index (χ1) is 11.6. The maximum absolute atomic E-state index is 12.3. The number of ether oxygens (including phenoxy) is 2. The summed E-state index contributed by atoms with van der Waals surface area (Å²) in [5.41, 5.74) is 1.11. The lowest BCUT2D eigenvalue weighted by atomic mass is 9.97. The molecule has 0 heterocycles. The van der Waals surface area contributed by atoms with E-state index in [4.69, 9.17) is 9.47 Å². The third-order valence-corrected chi connectivity index (χ3v) is 3.66. The number of amides is 1. The Bertz CT molecular complexity index is 640. The van der Waals surface area contributed by atoms with Gasteiger partial charge in [-0.15, -0.1) is 0 Å². The lowest BCUT2D eigenvalue weighted by Crippen LogP contribution is -2.33. The van der Waals surface area contributed by atoms with Gasteiger partial charge in [-0.3, -0.25) is 4.79 Å². The van der Waals surface area contributed by atoms with Crippen molar-refractivity contribution in [3.05, 3.63) is 60.2 Å². The summed E-state index contributed by atoms with van der Waals surface area (Å²) in [5.74, 6) is 1.67. The predicted octanol–water partition coefficient (Wildman–Crippen LogP) is 3.98. The third kappa shape index (κ3) is 5.61. The summed E-state index contributed by atoms with van der Waals surface area (Å²) in [5, 5.41) is 3.07. The SMILES string of the molecule is COc1cccc(OCC(=O)NC(CC(C)C)c2ccccc2)c1. The molecule has 0 aromatic heterocycles. The largest absolute Gasteiger partial charge is 0.497 e. The van der Waals surface area contributed by atoms with Gasteiger partial charge in [0.2, 0.25) is 0 Å². The molecule has 0 bridgehead atoms. The quantitative estimate of drug-likeness (QED) is 0.798. The van der Waals surface area contributed by atoms with E-state index in [0.29, 0.717) is 17.4 Å². The number of hydrogen-bond donors (Lipinski definition) is 1. The van der Waals surface area contributed by atoms with Crippen LogP contribution < -0.4 is 14.8 Å². The molecule has 1 N–H and O–H groups in total. The Morgan fingerprint density at radius 1 is 1.04 bits per heavy atom. The van der Waals surface area contributed by atoms with Gasteiger partial charge in [0.05, 0.1) is 13.2 Å². The number of rotatable bonds is 8. The Labute approximate surface area is 143 Å². The first-order valence-corrected chi connectivity index (χ1v) is 8.19. The molecule has 128 valence electrons. The Kier molecular flexibility index (Phi) is 6.67. The molecule has 0 aliphatic heterocycles. The number of benzene rings is 2. The van der Waals surface area contributed by atoms with Crippen LogP contribution in [0.25, 0.3) is 0 Å². The molecule has 0 radical (unpaired) electrons. The zero-order chi connectivity index (χ0) is 17.4. The van der Waals surface area contributed by atoms with Gasteiger partial charge < -0.3 is 14.8 Å². The number of carbonyl (C=O) groups excluding carboxylic acids is 1. The minimum Gasteiger partial charge on any atom is -0.497 e. The zero-order valence-electron chi connectivity index (χ0n) is 14.5. The van der Waals surface area contributed by atoms with Crippen molar-refractivity contribution in [1.29, 1.82) is 0 Å². The summed E-state index contributed by atoms with van der Waals surface area (Å²) in [4.78, 5) is 12.3. The topological polar surface area (TPSA) is 47.6 Å². The molecule has 0 spiro atoms. The number of nitrogens with one attached hydrogen (secondary N) is 1. The highest BCUT2D eigenvalue weighted by molar-refractivity contribution is 5.78. The maximum Gasteiger partial charge on any atom is 0.258 e. The fraction of sp³-hybridized carbons (Fsp3) is 0.350. The van der Waals surface area contributed by atoms with Crippen molar-refractivity contribution in [3.8, 4) is 11.5 Å². The minimum atomic E-state index is -0.132. The summed E-state index contributed by atoms with van der Waals surface area (Å²) in [6.45, 7) is 4.28. The van der Waals surface area contributed by atoms with Crippen molar-refractivity contribution in [2.75, 3.05) is 13.7 Å². The minimum absolute atomic E-state index is 0.00684. The van der Waals surface area contributed by atoms with Crippen molar-refractivity contribution in [2.24, 2.45) is 5.92 Å². The highest BCUT2D eigenvalue weighted by Gasteiger charge is 2.16. The van der Waals surface area contributed by atoms with Crippen LogP contribution >= 0.6 is 0 Å². The lowest BCUT2D eigenvalue weighted by Gasteiger charge is -2.21. The van der Waals surface area contributed by atoms with Gasteiger partial charge in [0.1, 0.15) is 11.5 Å². The van der Waals surface area contributed by atoms with Crippen molar-refractivity contribution < 1.29 is 14.3 Å². The molecule has 0 saturated carbocycles. The van der Waals surface area contributed by atoms with E-state index in [9.17, 15) is 4.79 Å². The van der Waals surface area contributed by atoms with Gasteiger partial charge in [0.15, 0.2) is 6.61 Å². The van der Waals surface area contributed by atoms with E-state index in [2.05, 4.69) is 19.2 Å². The third-order valence-electron chi connectivity index (χ3n) is 3.66. The van der Waals surface area contributed by atoms with Crippen LogP contribution in [-0.4, -0.2) is 19.6 Å². The first-order valence-electron chi connectivity index (χ1n) is 8.19. The number of methoxy groups -OCH3 is 1. The Hall–Kier alpha value is -2.49. The summed E-state index contributed by atoms with van der Waals surface area (Å²) >= 11 is 0.